The molecule has 1 rings (SSSR count). The molecule has 0 saturated heterocycles. The van der Waals surface area contributed by atoms with Crippen LogP contribution in [-0.2, 0) is 0 Å². The molecule has 0 bridgehead atoms. The van der Waals surface area contributed by atoms with Crippen LogP contribution in [0.25, 0.3) is 0 Å². The molecule has 1 fully saturated rings. The van der Waals surface area contributed by atoms with E-state index in [4.69, 9.17) is 0 Å². The Labute approximate surface area is 82.5 Å². The fourth-order valence-electron chi connectivity index (χ4n) is 2.47. The minimum absolute atomic E-state index is 0.165. The predicted molar refractivity (Wildman–Crippen MR) is 56.7 cm³/mol. The highest BCUT2D eigenvalue weighted by Crippen LogP contribution is 2.44. The van der Waals surface area contributed by atoms with E-state index in [0.29, 0.717) is 0 Å². The fourth-order valence-corrected chi connectivity index (χ4v) is 2.47. The van der Waals surface area contributed by atoms with Crippen LogP contribution in [0.1, 0.15) is 65.7 Å². The van der Waals surface area contributed by atoms with Gasteiger partial charge < -0.3 is 5.11 Å². The van der Waals surface area contributed by atoms with Gasteiger partial charge in [-0.1, -0.05) is 39.5 Å². The summed E-state index contributed by atoms with van der Waals surface area (Å²) < 4.78 is 0. The molecule has 1 unspecified atom stereocenters. The maximum absolute atomic E-state index is 10.3. The molecule has 0 radical (unpaired) electrons. The Morgan fingerprint density at radius 3 is 2.00 bits per heavy atom. The Hall–Kier alpha value is -0.0400. The first-order valence-electron chi connectivity index (χ1n) is 5.74. The third-order valence-corrected chi connectivity index (χ3v) is 4.20. The molecule has 13 heavy (non-hydrogen) atoms. The average molecular weight is 184 g/mol. The van der Waals surface area contributed by atoms with Crippen molar-refractivity contribution in [1.29, 1.82) is 0 Å². The Morgan fingerprint density at radius 1 is 1.15 bits per heavy atom. The molecule has 1 aliphatic carbocycles. The third-order valence-electron chi connectivity index (χ3n) is 4.20. The Balaban J connectivity index is 2.71. The summed E-state index contributed by atoms with van der Waals surface area (Å²) >= 11 is 0. The molecule has 78 valence electrons. The van der Waals surface area contributed by atoms with Crippen molar-refractivity contribution in [2.45, 2.75) is 71.3 Å². The first-order chi connectivity index (χ1) is 6.02. The Kier molecular flexibility index (Phi) is 3.39. The van der Waals surface area contributed by atoms with E-state index in [2.05, 4.69) is 13.8 Å². The summed E-state index contributed by atoms with van der Waals surface area (Å²) in [5, 5.41) is 10.3. The molecule has 1 saturated carbocycles. The summed E-state index contributed by atoms with van der Waals surface area (Å²) in [5.41, 5.74) is -0.296. The van der Waals surface area contributed by atoms with Gasteiger partial charge in [0.1, 0.15) is 0 Å². The van der Waals surface area contributed by atoms with E-state index in [-0.39, 0.29) is 5.41 Å². The Bertz CT molecular complexity index is 153. The van der Waals surface area contributed by atoms with Crippen LogP contribution in [-0.4, -0.2) is 10.7 Å². The van der Waals surface area contributed by atoms with Gasteiger partial charge >= 0.3 is 0 Å². The monoisotopic (exact) mass is 184 g/mol. The standard InChI is InChI=1S/C12H24O/c1-4-12(3,13)11(2)9-7-5-6-8-10-11/h13H,4-10H2,1-3H3. The van der Waals surface area contributed by atoms with Crippen molar-refractivity contribution in [1.82, 2.24) is 0 Å². The highest BCUT2D eigenvalue weighted by atomic mass is 16.3. The molecule has 1 nitrogen and oxygen atoms in total. The lowest BCUT2D eigenvalue weighted by Gasteiger charge is -2.42. The second-order valence-electron chi connectivity index (χ2n) is 5.10. The van der Waals surface area contributed by atoms with E-state index in [0.717, 1.165) is 6.42 Å². The Morgan fingerprint density at radius 2 is 1.62 bits per heavy atom. The SMILES string of the molecule is CCC(C)(O)C1(C)CCCCCC1. The molecular formula is C12H24O. The first-order valence-corrected chi connectivity index (χ1v) is 5.74. The smallest absolute Gasteiger partial charge is 0.0670 e. The van der Waals surface area contributed by atoms with Crippen LogP contribution < -0.4 is 0 Å². The van der Waals surface area contributed by atoms with E-state index in [1.807, 2.05) is 6.92 Å². The van der Waals surface area contributed by atoms with Crippen LogP contribution in [0.3, 0.4) is 0 Å². The van der Waals surface area contributed by atoms with Crippen molar-refractivity contribution in [3.8, 4) is 0 Å². The van der Waals surface area contributed by atoms with E-state index < -0.39 is 5.60 Å². The number of hydrogen-bond donors (Lipinski definition) is 1. The van der Waals surface area contributed by atoms with Crippen molar-refractivity contribution < 1.29 is 5.11 Å². The molecule has 1 heteroatoms. The molecule has 1 aliphatic rings. The van der Waals surface area contributed by atoms with Gasteiger partial charge in [-0.15, -0.1) is 0 Å². The van der Waals surface area contributed by atoms with Crippen molar-refractivity contribution in [3.63, 3.8) is 0 Å². The van der Waals surface area contributed by atoms with Gasteiger partial charge in [-0.3, -0.25) is 0 Å². The van der Waals surface area contributed by atoms with Gasteiger partial charge in [0, 0.05) is 0 Å². The van der Waals surface area contributed by atoms with Crippen molar-refractivity contribution in [2.24, 2.45) is 5.41 Å². The second-order valence-corrected chi connectivity index (χ2v) is 5.10. The molecule has 0 aromatic heterocycles. The molecule has 0 amide bonds. The third kappa shape index (κ3) is 2.25. The van der Waals surface area contributed by atoms with E-state index in [1.165, 1.54) is 38.5 Å². The maximum Gasteiger partial charge on any atom is 0.0670 e. The molecule has 1 atom stereocenters. The summed E-state index contributed by atoms with van der Waals surface area (Å²) in [7, 11) is 0. The predicted octanol–water partition coefficient (Wildman–Crippen LogP) is 3.51. The highest BCUT2D eigenvalue weighted by molar-refractivity contribution is 4.92. The fraction of sp³-hybridized carbons (Fsp3) is 1.00. The molecule has 1 N–H and O–H groups in total. The highest BCUT2D eigenvalue weighted by Gasteiger charge is 2.41. The molecule has 0 aliphatic heterocycles. The lowest BCUT2D eigenvalue weighted by molar-refractivity contribution is -0.0721. The summed E-state index contributed by atoms with van der Waals surface area (Å²) in [6.07, 6.45) is 8.59. The number of rotatable bonds is 2. The zero-order chi connectivity index (χ0) is 9.95. The first kappa shape index (κ1) is 11.0. The van der Waals surface area contributed by atoms with Gasteiger partial charge in [-0.25, -0.2) is 0 Å². The zero-order valence-corrected chi connectivity index (χ0v) is 9.40. The summed E-state index contributed by atoms with van der Waals surface area (Å²) in [6.45, 7) is 6.37. The zero-order valence-electron chi connectivity index (χ0n) is 9.40. The lowest BCUT2D eigenvalue weighted by Crippen LogP contribution is -2.43. The summed E-state index contributed by atoms with van der Waals surface area (Å²) in [4.78, 5) is 0. The van der Waals surface area contributed by atoms with Crippen LogP contribution >= 0.6 is 0 Å². The van der Waals surface area contributed by atoms with Gasteiger partial charge in [-0.2, -0.15) is 0 Å². The van der Waals surface area contributed by atoms with Crippen LogP contribution in [0.2, 0.25) is 0 Å². The summed E-state index contributed by atoms with van der Waals surface area (Å²) in [6, 6.07) is 0. The minimum atomic E-state index is -0.461. The quantitative estimate of drug-likeness (QED) is 0.651. The van der Waals surface area contributed by atoms with Gasteiger partial charge in [0.15, 0.2) is 0 Å². The normalized spacial score (nSPS) is 27.7. The van der Waals surface area contributed by atoms with E-state index in [1.54, 1.807) is 0 Å². The number of hydrogen-bond acceptors (Lipinski definition) is 1. The molecule has 0 spiro atoms. The lowest BCUT2D eigenvalue weighted by atomic mass is 9.68. The summed E-state index contributed by atoms with van der Waals surface area (Å²) in [5.74, 6) is 0. The number of aliphatic hydroxyl groups is 1. The maximum atomic E-state index is 10.3. The molecule has 0 heterocycles. The topological polar surface area (TPSA) is 20.2 Å². The van der Waals surface area contributed by atoms with Gasteiger partial charge in [0.2, 0.25) is 0 Å². The van der Waals surface area contributed by atoms with Gasteiger partial charge in [0.05, 0.1) is 5.60 Å². The van der Waals surface area contributed by atoms with Crippen molar-refractivity contribution in [3.05, 3.63) is 0 Å². The molecule has 0 aromatic carbocycles. The van der Waals surface area contributed by atoms with Gasteiger partial charge in [-0.05, 0) is 31.6 Å². The van der Waals surface area contributed by atoms with Crippen LogP contribution in [0.4, 0.5) is 0 Å². The van der Waals surface area contributed by atoms with Crippen molar-refractivity contribution >= 4 is 0 Å². The minimum Gasteiger partial charge on any atom is -0.390 e. The second kappa shape index (κ2) is 4.00. The van der Waals surface area contributed by atoms with Crippen LogP contribution in [0.5, 0.6) is 0 Å². The van der Waals surface area contributed by atoms with Crippen LogP contribution in [0, 0.1) is 5.41 Å². The van der Waals surface area contributed by atoms with Crippen LogP contribution in [0.15, 0.2) is 0 Å². The van der Waals surface area contributed by atoms with Gasteiger partial charge in [0.25, 0.3) is 0 Å². The molecule has 0 aromatic rings. The average Bonchev–Trinajstić information content (AvgIpc) is 2.31. The van der Waals surface area contributed by atoms with E-state index >= 15 is 0 Å². The van der Waals surface area contributed by atoms with Crippen molar-refractivity contribution in [2.75, 3.05) is 0 Å². The molecular weight excluding hydrogens is 160 g/mol. The van der Waals surface area contributed by atoms with E-state index in [9.17, 15) is 5.11 Å². The largest absolute Gasteiger partial charge is 0.390 e.